The van der Waals surface area contributed by atoms with Crippen molar-refractivity contribution in [2.75, 3.05) is 20.3 Å². The number of sulfonamides is 1. The maximum absolute atomic E-state index is 14.0. The van der Waals surface area contributed by atoms with Crippen LogP contribution in [-0.4, -0.2) is 48.0 Å². The molecule has 1 atom stereocenters. The Hall–Kier alpha value is -1.84. The first-order chi connectivity index (χ1) is 11.0. The molecule has 0 N–H and O–H groups in total. The summed E-state index contributed by atoms with van der Waals surface area (Å²) in [5.74, 6) is -0.770. The zero-order valence-corrected chi connectivity index (χ0v) is 13.6. The van der Waals surface area contributed by atoms with Gasteiger partial charge in [-0.3, -0.25) is 4.68 Å². The molecule has 7 nitrogen and oxygen atoms in total. The second kappa shape index (κ2) is 5.99. The summed E-state index contributed by atoms with van der Waals surface area (Å²) in [5.41, 5.74) is 1.42. The van der Waals surface area contributed by atoms with Crippen molar-refractivity contribution in [1.29, 1.82) is 0 Å². The van der Waals surface area contributed by atoms with Gasteiger partial charge in [0, 0.05) is 27.1 Å². The van der Waals surface area contributed by atoms with Crippen LogP contribution >= 0.6 is 0 Å². The first-order valence-corrected chi connectivity index (χ1v) is 8.54. The molecule has 1 aliphatic heterocycles. The molecule has 2 heterocycles. The minimum Gasteiger partial charge on any atom is -0.383 e. The highest BCUT2D eigenvalue weighted by atomic mass is 32.2. The summed E-state index contributed by atoms with van der Waals surface area (Å²) in [6.07, 6.45) is 0.465. The van der Waals surface area contributed by atoms with Crippen molar-refractivity contribution in [3.63, 3.8) is 0 Å². The van der Waals surface area contributed by atoms with Crippen molar-refractivity contribution in [1.82, 2.24) is 19.3 Å². The van der Waals surface area contributed by atoms with Gasteiger partial charge in [-0.1, -0.05) is 17.3 Å². The normalized spacial score (nSPS) is 18.8. The molecule has 0 spiro atoms. The van der Waals surface area contributed by atoms with Crippen LogP contribution in [0.25, 0.3) is 0 Å². The number of benzene rings is 1. The Morgan fingerprint density at radius 2 is 2.13 bits per heavy atom. The molecule has 9 heteroatoms. The second-order valence-electron chi connectivity index (χ2n) is 5.31. The lowest BCUT2D eigenvalue weighted by Gasteiger charge is -2.33. The Morgan fingerprint density at radius 1 is 1.39 bits per heavy atom. The van der Waals surface area contributed by atoms with E-state index < -0.39 is 21.9 Å². The highest BCUT2D eigenvalue weighted by molar-refractivity contribution is 7.89. The van der Waals surface area contributed by atoms with Gasteiger partial charge in [-0.15, -0.1) is 5.10 Å². The fraction of sp³-hybridized carbons (Fsp3) is 0.429. The number of methoxy groups -OCH3 is 1. The first kappa shape index (κ1) is 16.0. The molecule has 0 aliphatic carbocycles. The average molecular weight is 340 g/mol. The minimum atomic E-state index is -4.00. The number of ether oxygens (including phenoxy) is 1. The highest BCUT2D eigenvalue weighted by Crippen LogP contribution is 2.33. The summed E-state index contributed by atoms with van der Waals surface area (Å²) in [4.78, 5) is -0.339. The SMILES string of the molecule is COCC1c2nnn(C)c2CCN1S(=O)(=O)c1ccccc1F. The zero-order chi connectivity index (χ0) is 16.6. The Bertz CT molecular complexity index is 821. The van der Waals surface area contributed by atoms with E-state index in [2.05, 4.69) is 10.3 Å². The minimum absolute atomic E-state index is 0.124. The second-order valence-corrected chi connectivity index (χ2v) is 7.17. The smallest absolute Gasteiger partial charge is 0.246 e. The fourth-order valence-corrected chi connectivity index (χ4v) is 4.48. The van der Waals surface area contributed by atoms with Crippen molar-refractivity contribution in [2.45, 2.75) is 17.4 Å². The predicted molar refractivity (Wildman–Crippen MR) is 79.6 cm³/mol. The summed E-state index contributed by atoms with van der Waals surface area (Å²) >= 11 is 0. The Labute approximate surface area is 133 Å². The van der Waals surface area contributed by atoms with E-state index in [1.54, 1.807) is 11.7 Å². The quantitative estimate of drug-likeness (QED) is 0.826. The highest BCUT2D eigenvalue weighted by Gasteiger charge is 2.40. The van der Waals surface area contributed by atoms with E-state index in [0.717, 1.165) is 11.8 Å². The van der Waals surface area contributed by atoms with Crippen molar-refractivity contribution in [3.8, 4) is 0 Å². The summed E-state index contributed by atoms with van der Waals surface area (Å²) in [6.45, 7) is 0.346. The molecule has 0 saturated heterocycles. The van der Waals surface area contributed by atoms with Gasteiger partial charge in [0.05, 0.1) is 18.3 Å². The van der Waals surface area contributed by atoms with Gasteiger partial charge < -0.3 is 4.74 Å². The van der Waals surface area contributed by atoms with E-state index >= 15 is 0 Å². The predicted octanol–water partition coefficient (Wildman–Crippen LogP) is 0.889. The lowest BCUT2D eigenvalue weighted by Crippen LogP contribution is -2.42. The van der Waals surface area contributed by atoms with Gasteiger partial charge in [0.15, 0.2) is 0 Å². The molecule has 0 fully saturated rings. The van der Waals surface area contributed by atoms with Crippen molar-refractivity contribution in [3.05, 3.63) is 41.5 Å². The van der Waals surface area contributed by atoms with Crippen LogP contribution in [0.2, 0.25) is 0 Å². The number of aromatic nitrogens is 3. The summed E-state index contributed by atoms with van der Waals surface area (Å²) in [5, 5.41) is 8.02. The maximum Gasteiger partial charge on any atom is 0.246 e. The molecule has 2 aromatic rings. The summed E-state index contributed by atoms with van der Waals surface area (Å²) in [6, 6.07) is 4.73. The number of aryl methyl sites for hydroxylation is 1. The lowest BCUT2D eigenvalue weighted by atomic mass is 10.1. The Balaban J connectivity index is 2.07. The average Bonchev–Trinajstić information content (AvgIpc) is 2.90. The van der Waals surface area contributed by atoms with Crippen molar-refractivity contribution in [2.24, 2.45) is 7.05 Å². The van der Waals surface area contributed by atoms with E-state index in [0.29, 0.717) is 12.1 Å². The van der Waals surface area contributed by atoms with Gasteiger partial charge in [0.1, 0.15) is 16.4 Å². The number of hydrogen-bond acceptors (Lipinski definition) is 5. The van der Waals surface area contributed by atoms with Crippen LogP contribution < -0.4 is 0 Å². The molecule has 0 saturated carbocycles. The molecule has 124 valence electrons. The number of rotatable bonds is 4. The van der Waals surface area contributed by atoms with Crippen LogP contribution in [-0.2, 0) is 28.2 Å². The summed E-state index contributed by atoms with van der Waals surface area (Å²) in [7, 11) is -0.751. The van der Waals surface area contributed by atoms with Crippen LogP contribution in [0.15, 0.2) is 29.2 Å². The largest absolute Gasteiger partial charge is 0.383 e. The Morgan fingerprint density at radius 3 is 2.83 bits per heavy atom. The van der Waals surface area contributed by atoms with Gasteiger partial charge in [0.25, 0.3) is 0 Å². The topological polar surface area (TPSA) is 77.3 Å². The molecule has 0 bridgehead atoms. The molecule has 3 rings (SSSR count). The van der Waals surface area contributed by atoms with E-state index in [4.69, 9.17) is 4.74 Å². The van der Waals surface area contributed by atoms with Crippen LogP contribution in [0.1, 0.15) is 17.4 Å². The third-order valence-electron chi connectivity index (χ3n) is 3.95. The van der Waals surface area contributed by atoms with Crippen LogP contribution in [0, 0.1) is 5.82 Å². The number of hydrogen-bond donors (Lipinski definition) is 0. The van der Waals surface area contributed by atoms with E-state index in [1.807, 2.05) is 0 Å². The van der Waals surface area contributed by atoms with Gasteiger partial charge in [0.2, 0.25) is 10.0 Å². The van der Waals surface area contributed by atoms with E-state index in [9.17, 15) is 12.8 Å². The molecule has 23 heavy (non-hydrogen) atoms. The molecule has 1 aromatic heterocycles. The van der Waals surface area contributed by atoms with Crippen LogP contribution in [0.4, 0.5) is 4.39 Å². The monoisotopic (exact) mass is 340 g/mol. The molecular weight excluding hydrogens is 323 g/mol. The van der Waals surface area contributed by atoms with Crippen molar-refractivity contribution >= 4 is 10.0 Å². The Kier molecular flexibility index (Phi) is 4.17. The number of halogens is 1. The number of nitrogens with zero attached hydrogens (tertiary/aromatic N) is 4. The maximum atomic E-state index is 14.0. The molecule has 1 aromatic carbocycles. The number of fused-ring (bicyclic) bond motifs is 1. The van der Waals surface area contributed by atoms with Gasteiger partial charge >= 0.3 is 0 Å². The molecular formula is C14H17FN4O3S. The van der Waals surface area contributed by atoms with Crippen molar-refractivity contribution < 1.29 is 17.5 Å². The van der Waals surface area contributed by atoms with Crippen LogP contribution in [0.3, 0.4) is 0 Å². The first-order valence-electron chi connectivity index (χ1n) is 7.10. The van der Waals surface area contributed by atoms with Gasteiger partial charge in [-0.25, -0.2) is 12.8 Å². The summed E-state index contributed by atoms with van der Waals surface area (Å²) < 4.78 is 47.8. The third-order valence-corrected chi connectivity index (χ3v) is 5.89. The standard InChI is InChI=1S/C14H17FN4O3S/c1-18-11-7-8-19(12(9-22-2)14(11)16-17-18)23(20,21)13-6-4-3-5-10(13)15/h3-6,12H,7-9H2,1-2H3. The molecule has 1 aliphatic rings. The fourth-order valence-electron chi connectivity index (χ4n) is 2.84. The zero-order valence-electron chi connectivity index (χ0n) is 12.8. The lowest BCUT2D eigenvalue weighted by molar-refractivity contribution is 0.125. The van der Waals surface area contributed by atoms with E-state index in [-0.39, 0.29) is 18.0 Å². The van der Waals surface area contributed by atoms with Gasteiger partial charge in [-0.2, -0.15) is 4.31 Å². The van der Waals surface area contributed by atoms with E-state index in [1.165, 1.54) is 29.6 Å². The molecule has 0 radical (unpaired) electrons. The molecule has 0 amide bonds. The van der Waals surface area contributed by atoms with Gasteiger partial charge in [-0.05, 0) is 12.1 Å². The molecule has 1 unspecified atom stereocenters. The third kappa shape index (κ3) is 2.64. The van der Waals surface area contributed by atoms with Crippen LogP contribution in [0.5, 0.6) is 0 Å².